The molecule has 0 heterocycles. The summed E-state index contributed by atoms with van der Waals surface area (Å²) in [4.78, 5) is 2.48. The Morgan fingerprint density at radius 1 is 1.36 bits per heavy atom. The summed E-state index contributed by atoms with van der Waals surface area (Å²) in [6, 6.07) is 0.692. The maximum atomic E-state index is 3.16. The Balaban J connectivity index is 3.36. The maximum Gasteiger partial charge on any atom is 0.00384 e. The molecule has 1 N–H and O–H groups in total. The molecular weight excluding hydrogens is 136 g/mol. The molecular formula is C9H22N2. The summed E-state index contributed by atoms with van der Waals surface area (Å²) in [6.45, 7) is 10.2. The van der Waals surface area contributed by atoms with Gasteiger partial charge in [0.2, 0.25) is 0 Å². The van der Waals surface area contributed by atoms with Crippen LogP contribution in [-0.4, -0.2) is 37.6 Å². The SMILES string of the molecule is CCN(CCCNC)C(C)C. The van der Waals surface area contributed by atoms with Gasteiger partial charge in [0, 0.05) is 6.04 Å². The first-order chi connectivity index (χ1) is 5.22. The predicted molar refractivity (Wildman–Crippen MR) is 50.9 cm³/mol. The Hall–Kier alpha value is -0.0800. The van der Waals surface area contributed by atoms with Crippen LogP contribution in [-0.2, 0) is 0 Å². The fraction of sp³-hybridized carbons (Fsp3) is 1.00. The van der Waals surface area contributed by atoms with Crippen molar-refractivity contribution in [2.75, 3.05) is 26.7 Å². The van der Waals surface area contributed by atoms with Crippen LogP contribution in [0.4, 0.5) is 0 Å². The second-order valence-corrected chi connectivity index (χ2v) is 3.18. The summed E-state index contributed by atoms with van der Waals surface area (Å²) >= 11 is 0. The Morgan fingerprint density at radius 3 is 2.36 bits per heavy atom. The molecule has 0 aliphatic carbocycles. The summed E-state index contributed by atoms with van der Waals surface area (Å²) in [5.41, 5.74) is 0. The average Bonchev–Trinajstić information content (AvgIpc) is 1.97. The Bertz CT molecular complexity index is 81.6. The molecule has 0 atom stereocenters. The lowest BCUT2D eigenvalue weighted by atomic mass is 10.3. The van der Waals surface area contributed by atoms with Gasteiger partial charge in [0.15, 0.2) is 0 Å². The van der Waals surface area contributed by atoms with Gasteiger partial charge in [-0.05, 0) is 47.0 Å². The topological polar surface area (TPSA) is 15.3 Å². The fourth-order valence-corrected chi connectivity index (χ4v) is 1.24. The highest BCUT2D eigenvalue weighted by atomic mass is 15.1. The average molecular weight is 158 g/mol. The van der Waals surface area contributed by atoms with E-state index in [0.29, 0.717) is 6.04 Å². The minimum Gasteiger partial charge on any atom is -0.320 e. The summed E-state index contributed by atoms with van der Waals surface area (Å²) in [6.07, 6.45) is 1.25. The zero-order valence-corrected chi connectivity index (χ0v) is 8.35. The van der Waals surface area contributed by atoms with E-state index in [4.69, 9.17) is 0 Å². The van der Waals surface area contributed by atoms with E-state index in [-0.39, 0.29) is 0 Å². The zero-order chi connectivity index (χ0) is 8.69. The van der Waals surface area contributed by atoms with Gasteiger partial charge in [-0.25, -0.2) is 0 Å². The highest BCUT2D eigenvalue weighted by molar-refractivity contribution is 4.60. The van der Waals surface area contributed by atoms with E-state index in [0.717, 1.165) is 6.54 Å². The minimum absolute atomic E-state index is 0.692. The van der Waals surface area contributed by atoms with Crippen LogP contribution in [0.3, 0.4) is 0 Å². The van der Waals surface area contributed by atoms with E-state index in [2.05, 4.69) is 31.0 Å². The first-order valence-electron chi connectivity index (χ1n) is 4.61. The van der Waals surface area contributed by atoms with Crippen molar-refractivity contribution in [3.63, 3.8) is 0 Å². The van der Waals surface area contributed by atoms with E-state index in [1.54, 1.807) is 0 Å². The normalized spacial score (nSPS) is 11.5. The van der Waals surface area contributed by atoms with Crippen LogP contribution >= 0.6 is 0 Å². The second-order valence-electron chi connectivity index (χ2n) is 3.18. The molecule has 0 aliphatic rings. The lowest BCUT2D eigenvalue weighted by Gasteiger charge is -2.24. The van der Waals surface area contributed by atoms with Crippen LogP contribution in [0.15, 0.2) is 0 Å². The maximum absolute atomic E-state index is 3.16. The van der Waals surface area contributed by atoms with Crippen molar-refractivity contribution < 1.29 is 0 Å². The van der Waals surface area contributed by atoms with Crippen molar-refractivity contribution >= 4 is 0 Å². The van der Waals surface area contributed by atoms with Gasteiger partial charge < -0.3 is 10.2 Å². The fourth-order valence-electron chi connectivity index (χ4n) is 1.24. The third kappa shape index (κ3) is 5.22. The largest absolute Gasteiger partial charge is 0.320 e. The molecule has 0 saturated heterocycles. The molecule has 0 radical (unpaired) electrons. The minimum atomic E-state index is 0.692. The van der Waals surface area contributed by atoms with E-state index in [1.807, 2.05) is 7.05 Å². The number of rotatable bonds is 6. The molecule has 0 spiro atoms. The van der Waals surface area contributed by atoms with Crippen molar-refractivity contribution in [2.24, 2.45) is 0 Å². The molecule has 0 aromatic carbocycles. The summed E-state index contributed by atoms with van der Waals surface area (Å²) in [7, 11) is 2.01. The molecule has 68 valence electrons. The number of hydrogen-bond donors (Lipinski definition) is 1. The molecule has 0 rings (SSSR count). The summed E-state index contributed by atoms with van der Waals surface area (Å²) < 4.78 is 0. The Morgan fingerprint density at radius 2 is 2.00 bits per heavy atom. The summed E-state index contributed by atoms with van der Waals surface area (Å²) in [5, 5.41) is 3.16. The van der Waals surface area contributed by atoms with Crippen molar-refractivity contribution in [3.05, 3.63) is 0 Å². The monoisotopic (exact) mass is 158 g/mol. The first-order valence-corrected chi connectivity index (χ1v) is 4.61. The molecule has 11 heavy (non-hydrogen) atoms. The van der Waals surface area contributed by atoms with Crippen molar-refractivity contribution in [1.82, 2.24) is 10.2 Å². The van der Waals surface area contributed by atoms with Crippen LogP contribution < -0.4 is 5.32 Å². The van der Waals surface area contributed by atoms with Gasteiger partial charge >= 0.3 is 0 Å². The molecule has 0 saturated carbocycles. The van der Waals surface area contributed by atoms with E-state index in [1.165, 1.54) is 19.5 Å². The molecule has 2 heteroatoms. The van der Waals surface area contributed by atoms with Gasteiger partial charge in [-0.15, -0.1) is 0 Å². The Labute approximate surface area is 71.0 Å². The van der Waals surface area contributed by atoms with Crippen LogP contribution in [0.2, 0.25) is 0 Å². The molecule has 0 aromatic heterocycles. The van der Waals surface area contributed by atoms with Gasteiger partial charge in [0.1, 0.15) is 0 Å². The van der Waals surface area contributed by atoms with E-state index >= 15 is 0 Å². The second kappa shape index (κ2) is 6.62. The molecule has 0 bridgehead atoms. The molecule has 0 amide bonds. The van der Waals surface area contributed by atoms with Crippen LogP contribution in [0.5, 0.6) is 0 Å². The van der Waals surface area contributed by atoms with Crippen LogP contribution in [0, 0.1) is 0 Å². The van der Waals surface area contributed by atoms with Gasteiger partial charge in [-0.3, -0.25) is 0 Å². The highest BCUT2D eigenvalue weighted by Crippen LogP contribution is 1.97. The predicted octanol–water partition coefficient (Wildman–Crippen LogP) is 1.33. The molecule has 2 nitrogen and oxygen atoms in total. The van der Waals surface area contributed by atoms with Crippen molar-refractivity contribution in [2.45, 2.75) is 33.2 Å². The van der Waals surface area contributed by atoms with Crippen LogP contribution in [0.1, 0.15) is 27.2 Å². The first kappa shape index (κ1) is 10.9. The van der Waals surface area contributed by atoms with Crippen LogP contribution in [0.25, 0.3) is 0 Å². The smallest absolute Gasteiger partial charge is 0.00384 e. The van der Waals surface area contributed by atoms with Gasteiger partial charge in [-0.2, -0.15) is 0 Å². The Kier molecular flexibility index (Phi) is 6.57. The molecule has 0 unspecified atom stereocenters. The summed E-state index contributed by atoms with van der Waals surface area (Å²) in [5.74, 6) is 0. The zero-order valence-electron chi connectivity index (χ0n) is 8.35. The van der Waals surface area contributed by atoms with E-state index in [9.17, 15) is 0 Å². The van der Waals surface area contributed by atoms with Gasteiger partial charge in [0.25, 0.3) is 0 Å². The molecule has 0 aromatic rings. The quantitative estimate of drug-likeness (QED) is 0.587. The van der Waals surface area contributed by atoms with Crippen molar-refractivity contribution in [3.8, 4) is 0 Å². The van der Waals surface area contributed by atoms with Crippen molar-refractivity contribution in [1.29, 1.82) is 0 Å². The molecule has 0 fully saturated rings. The number of nitrogens with zero attached hydrogens (tertiary/aromatic N) is 1. The standard InChI is InChI=1S/C9H22N2/c1-5-11(9(2)3)8-6-7-10-4/h9-10H,5-8H2,1-4H3. The van der Waals surface area contributed by atoms with E-state index < -0.39 is 0 Å². The van der Waals surface area contributed by atoms with Gasteiger partial charge in [0.05, 0.1) is 0 Å². The highest BCUT2D eigenvalue weighted by Gasteiger charge is 2.04. The number of nitrogens with one attached hydrogen (secondary N) is 1. The molecule has 0 aliphatic heterocycles. The number of hydrogen-bond acceptors (Lipinski definition) is 2. The van der Waals surface area contributed by atoms with Gasteiger partial charge in [-0.1, -0.05) is 6.92 Å². The third-order valence-electron chi connectivity index (χ3n) is 2.01. The lowest BCUT2D eigenvalue weighted by Crippen LogP contribution is -2.32. The lowest BCUT2D eigenvalue weighted by molar-refractivity contribution is 0.231. The third-order valence-corrected chi connectivity index (χ3v) is 2.01.